The van der Waals surface area contributed by atoms with Gasteiger partial charge in [-0.1, -0.05) is 44.7 Å². The van der Waals surface area contributed by atoms with Gasteiger partial charge >= 0.3 is 6.16 Å². The third-order valence-electron chi connectivity index (χ3n) is 3.92. The molecule has 0 aromatic heterocycles. The Balaban J connectivity index is 2.03. The molecule has 0 radical (unpaired) electrons. The highest BCUT2D eigenvalue weighted by Gasteiger charge is 2.16. The second kappa shape index (κ2) is 9.75. The SMILES string of the molecule is CCCCCCCOc1ccc(-c2ccc(OC(=O)O)cc2)c(F)c1F. The summed E-state index contributed by atoms with van der Waals surface area (Å²) < 4.78 is 38.4. The van der Waals surface area contributed by atoms with Gasteiger partial charge in [-0.25, -0.2) is 9.18 Å². The van der Waals surface area contributed by atoms with E-state index in [1.54, 1.807) is 0 Å². The van der Waals surface area contributed by atoms with Crippen LogP contribution in [-0.4, -0.2) is 17.9 Å². The number of rotatable bonds is 9. The molecule has 1 N–H and O–H groups in total. The minimum absolute atomic E-state index is 0.0691. The van der Waals surface area contributed by atoms with Crippen molar-refractivity contribution >= 4 is 6.16 Å². The second-order valence-electron chi connectivity index (χ2n) is 5.89. The molecule has 0 saturated heterocycles. The summed E-state index contributed by atoms with van der Waals surface area (Å²) in [4.78, 5) is 10.5. The van der Waals surface area contributed by atoms with Crippen molar-refractivity contribution in [3.63, 3.8) is 0 Å². The average molecular weight is 364 g/mol. The summed E-state index contributed by atoms with van der Waals surface area (Å²) in [5.74, 6) is -2.03. The number of benzene rings is 2. The van der Waals surface area contributed by atoms with Gasteiger partial charge in [0, 0.05) is 5.56 Å². The van der Waals surface area contributed by atoms with Crippen molar-refractivity contribution in [3.05, 3.63) is 48.0 Å². The number of hydrogen-bond acceptors (Lipinski definition) is 3. The highest BCUT2D eigenvalue weighted by molar-refractivity contribution is 5.67. The largest absolute Gasteiger partial charge is 0.511 e. The van der Waals surface area contributed by atoms with Crippen LogP contribution in [0.5, 0.6) is 11.5 Å². The van der Waals surface area contributed by atoms with Gasteiger partial charge in [0.2, 0.25) is 5.82 Å². The normalized spacial score (nSPS) is 10.6. The number of ether oxygens (including phenoxy) is 2. The smallest absolute Gasteiger partial charge is 0.490 e. The van der Waals surface area contributed by atoms with Gasteiger partial charge in [-0.15, -0.1) is 0 Å². The van der Waals surface area contributed by atoms with Crippen molar-refractivity contribution in [2.24, 2.45) is 0 Å². The maximum Gasteiger partial charge on any atom is 0.511 e. The number of halogens is 2. The fourth-order valence-electron chi connectivity index (χ4n) is 2.56. The molecule has 26 heavy (non-hydrogen) atoms. The molecule has 0 aliphatic rings. The highest BCUT2D eigenvalue weighted by atomic mass is 19.2. The van der Waals surface area contributed by atoms with Crippen molar-refractivity contribution in [3.8, 4) is 22.6 Å². The highest BCUT2D eigenvalue weighted by Crippen LogP contribution is 2.31. The molecule has 4 nitrogen and oxygen atoms in total. The van der Waals surface area contributed by atoms with E-state index in [2.05, 4.69) is 11.7 Å². The maximum atomic E-state index is 14.4. The molecular weight excluding hydrogens is 342 g/mol. The van der Waals surface area contributed by atoms with Crippen molar-refractivity contribution in [2.75, 3.05) is 6.61 Å². The van der Waals surface area contributed by atoms with Crippen molar-refractivity contribution in [1.82, 2.24) is 0 Å². The Kier molecular flexibility index (Phi) is 7.38. The molecule has 0 saturated carbocycles. The van der Waals surface area contributed by atoms with Crippen LogP contribution < -0.4 is 9.47 Å². The molecule has 2 aromatic carbocycles. The molecule has 0 unspecified atom stereocenters. The molecule has 140 valence electrons. The molecule has 0 atom stereocenters. The van der Waals surface area contributed by atoms with E-state index in [-0.39, 0.29) is 17.1 Å². The van der Waals surface area contributed by atoms with E-state index in [1.807, 2.05) is 0 Å². The van der Waals surface area contributed by atoms with Crippen LogP contribution in [0.25, 0.3) is 11.1 Å². The van der Waals surface area contributed by atoms with Crippen LogP contribution >= 0.6 is 0 Å². The maximum absolute atomic E-state index is 14.4. The summed E-state index contributed by atoms with van der Waals surface area (Å²) in [5, 5.41) is 8.55. The molecule has 2 rings (SSSR count). The lowest BCUT2D eigenvalue weighted by molar-refractivity contribution is 0.144. The Morgan fingerprint density at radius 2 is 1.65 bits per heavy atom. The van der Waals surface area contributed by atoms with E-state index in [9.17, 15) is 13.6 Å². The standard InChI is InChI=1S/C20H22F2O4/c1-2-3-4-5-6-13-25-17-12-11-16(18(21)19(17)22)14-7-9-15(10-8-14)26-20(23)24/h7-12H,2-6,13H2,1H3,(H,23,24). The van der Waals surface area contributed by atoms with Crippen molar-refractivity contribution < 1.29 is 28.2 Å². The van der Waals surface area contributed by atoms with Gasteiger partial charge in [0.25, 0.3) is 0 Å². The van der Waals surface area contributed by atoms with Gasteiger partial charge < -0.3 is 14.6 Å². The summed E-state index contributed by atoms with van der Waals surface area (Å²) in [5.41, 5.74) is 0.477. The molecule has 0 spiro atoms. The van der Waals surface area contributed by atoms with Gasteiger partial charge in [0.1, 0.15) is 5.75 Å². The number of carboxylic acid groups (broad SMARTS) is 1. The van der Waals surface area contributed by atoms with E-state index >= 15 is 0 Å². The zero-order chi connectivity index (χ0) is 18.9. The first-order chi connectivity index (χ1) is 12.5. The Morgan fingerprint density at radius 3 is 2.31 bits per heavy atom. The summed E-state index contributed by atoms with van der Waals surface area (Å²) >= 11 is 0. The predicted molar refractivity (Wildman–Crippen MR) is 94.7 cm³/mol. The van der Waals surface area contributed by atoms with Crippen molar-refractivity contribution in [2.45, 2.75) is 39.0 Å². The van der Waals surface area contributed by atoms with Crippen LogP contribution in [0.2, 0.25) is 0 Å². The lowest BCUT2D eigenvalue weighted by Gasteiger charge is -2.11. The van der Waals surface area contributed by atoms with Crippen LogP contribution in [0.3, 0.4) is 0 Å². The lowest BCUT2D eigenvalue weighted by Crippen LogP contribution is -2.03. The first-order valence-electron chi connectivity index (χ1n) is 8.65. The fourth-order valence-corrected chi connectivity index (χ4v) is 2.56. The van der Waals surface area contributed by atoms with Crippen LogP contribution in [0.15, 0.2) is 36.4 Å². The third kappa shape index (κ3) is 5.44. The van der Waals surface area contributed by atoms with Gasteiger partial charge in [0.15, 0.2) is 11.6 Å². The number of unbranched alkanes of at least 4 members (excludes halogenated alkanes) is 4. The van der Waals surface area contributed by atoms with Gasteiger partial charge in [-0.3, -0.25) is 0 Å². The van der Waals surface area contributed by atoms with E-state index < -0.39 is 17.8 Å². The Bertz CT molecular complexity index is 729. The zero-order valence-electron chi connectivity index (χ0n) is 14.6. The molecule has 0 aliphatic carbocycles. The van der Waals surface area contributed by atoms with E-state index in [0.717, 1.165) is 32.1 Å². The molecule has 6 heteroatoms. The van der Waals surface area contributed by atoms with E-state index in [0.29, 0.717) is 12.2 Å². The quantitative estimate of drug-likeness (QED) is 0.335. The first-order valence-corrected chi connectivity index (χ1v) is 8.65. The molecule has 0 amide bonds. The Morgan fingerprint density at radius 1 is 0.962 bits per heavy atom. The van der Waals surface area contributed by atoms with Gasteiger partial charge in [0.05, 0.1) is 6.61 Å². The predicted octanol–water partition coefficient (Wildman–Crippen LogP) is 6.04. The van der Waals surface area contributed by atoms with Crippen LogP contribution in [0.1, 0.15) is 39.0 Å². The Hall–Kier alpha value is -2.63. The fraction of sp³-hybridized carbons (Fsp3) is 0.350. The van der Waals surface area contributed by atoms with Crippen LogP contribution in [0.4, 0.5) is 13.6 Å². The minimum Gasteiger partial charge on any atom is -0.490 e. The molecule has 0 heterocycles. The topological polar surface area (TPSA) is 55.8 Å². The lowest BCUT2D eigenvalue weighted by atomic mass is 10.0. The summed E-state index contributed by atoms with van der Waals surface area (Å²) in [6.07, 6.45) is 3.77. The average Bonchev–Trinajstić information content (AvgIpc) is 2.62. The monoisotopic (exact) mass is 364 g/mol. The zero-order valence-corrected chi connectivity index (χ0v) is 14.6. The van der Waals surface area contributed by atoms with Gasteiger partial charge in [-0.2, -0.15) is 4.39 Å². The molecule has 2 aromatic rings. The van der Waals surface area contributed by atoms with Crippen LogP contribution in [-0.2, 0) is 0 Å². The van der Waals surface area contributed by atoms with Gasteiger partial charge in [-0.05, 0) is 36.2 Å². The molecule has 0 fully saturated rings. The van der Waals surface area contributed by atoms with E-state index in [4.69, 9.17) is 9.84 Å². The first kappa shape index (κ1) is 19.7. The second-order valence-corrected chi connectivity index (χ2v) is 5.89. The molecule has 0 bridgehead atoms. The van der Waals surface area contributed by atoms with E-state index in [1.165, 1.54) is 36.4 Å². The third-order valence-corrected chi connectivity index (χ3v) is 3.92. The van der Waals surface area contributed by atoms with Crippen molar-refractivity contribution in [1.29, 1.82) is 0 Å². The minimum atomic E-state index is -1.44. The molecule has 0 aliphatic heterocycles. The number of carbonyl (C=O) groups is 1. The Labute approximate surface area is 151 Å². The number of hydrogen-bond donors (Lipinski definition) is 1. The van der Waals surface area contributed by atoms with Crippen LogP contribution in [0, 0.1) is 11.6 Å². The summed E-state index contributed by atoms with van der Waals surface area (Å²) in [6, 6.07) is 8.52. The summed E-state index contributed by atoms with van der Waals surface area (Å²) in [7, 11) is 0. The summed E-state index contributed by atoms with van der Waals surface area (Å²) in [6.45, 7) is 2.48. The molecular formula is C20H22F2O4.